The van der Waals surface area contributed by atoms with Crippen molar-refractivity contribution >= 4 is 17.3 Å². The molecule has 16 heavy (non-hydrogen) atoms. The van der Waals surface area contributed by atoms with Gasteiger partial charge < -0.3 is 4.74 Å². The molecule has 0 aliphatic carbocycles. The Morgan fingerprint density at radius 1 is 1.19 bits per heavy atom. The van der Waals surface area contributed by atoms with Crippen molar-refractivity contribution in [1.82, 2.24) is 0 Å². The van der Waals surface area contributed by atoms with Gasteiger partial charge in [-0.1, -0.05) is 29.8 Å². The largest absolute Gasteiger partial charge is 0.466 e. The van der Waals surface area contributed by atoms with Crippen LogP contribution in [0, 0.1) is 6.92 Å². The Kier molecular flexibility index (Phi) is 4.00. The van der Waals surface area contributed by atoms with Crippen LogP contribution in [-0.4, -0.2) is 18.9 Å². The number of hydrogen-bond acceptors (Lipinski definition) is 3. The molecule has 0 heterocycles. The number of aryl methyl sites for hydroxylation is 1. The summed E-state index contributed by atoms with van der Waals surface area (Å²) in [5.41, 5.74) is 2.19. The lowest BCUT2D eigenvalue weighted by Crippen LogP contribution is -2.02. The lowest BCUT2D eigenvalue weighted by molar-refractivity contribution is -0.135. The van der Waals surface area contributed by atoms with Gasteiger partial charge in [-0.25, -0.2) is 4.79 Å². The summed E-state index contributed by atoms with van der Waals surface area (Å²) in [5, 5.41) is 0. The van der Waals surface area contributed by atoms with Gasteiger partial charge in [0.1, 0.15) is 0 Å². The van der Waals surface area contributed by atoms with Crippen LogP contribution >= 0.6 is 0 Å². The standard InChI is InChI=1S/C13H14O3/c1-9-4-6-11(7-5-9)12(10(2)14)8-13(15)16-3/h4-8H,1-3H3. The first-order valence-corrected chi connectivity index (χ1v) is 4.92. The Labute approximate surface area is 94.7 Å². The molecule has 0 aliphatic heterocycles. The average molecular weight is 218 g/mol. The van der Waals surface area contributed by atoms with E-state index in [0.717, 1.165) is 11.1 Å². The van der Waals surface area contributed by atoms with Crippen LogP contribution in [0.5, 0.6) is 0 Å². The number of hydrogen-bond donors (Lipinski definition) is 0. The minimum Gasteiger partial charge on any atom is -0.466 e. The Morgan fingerprint density at radius 3 is 2.19 bits per heavy atom. The van der Waals surface area contributed by atoms with Crippen LogP contribution in [0.15, 0.2) is 30.3 Å². The van der Waals surface area contributed by atoms with Crippen molar-refractivity contribution < 1.29 is 14.3 Å². The molecule has 0 fully saturated rings. The first-order chi connectivity index (χ1) is 7.54. The quantitative estimate of drug-likeness (QED) is 0.576. The number of benzene rings is 1. The second kappa shape index (κ2) is 5.26. The maximum atomic E-state index is 11.4. The van der Waals surface area contributed by atoms with Crippen molar-refractivity contribution in [3.05, 3.63) is 41.5 Å². The van der Waals surface area contributed by atoms with Crippen LogP contribution in [0.25, 0.3) is 5.57 Å². The zero-order chi connectivity index (χ0) is 12.1. The minimum atomic E-state index is -0.522. The van der Waals surface area contributed by atoms with E-state index in [1.807, 2.05) is 31.2 Å². The van der Waals surface area contributed by atoms with Gasteiger partial charge in [-0.3, -0.25) is 4.79 Å². The van der Waals surface area contributed by atoms with Gasteiger partial charge >= 0.3 is 5.97 Å². The van der Waals surface area contributed by atoms with E-state index in [4.69, 9.17) is 0 Å². The number of Topliss-reactive ketones (excluding diaryl/α,β-unsaturated/α-hetero) is 1. The summed E-state index contributed by atoms with van der Waals surface area (Å²) in [5.74, 6) is -0.681. The summed E-state index contributed by atoms with van der Waals surface area (Å²) in [4.78, 5) is 22.5. The Morgan fingerprint density at radius 2 is 1.75 bits per heavy atom. The van der Waals surface area contributed by atoms with E-state index in [-0.39, 0.29) is 5.78 Å². The third-order valence-corrected chi connectivity index (χ3v) is 2.21. The second-order valence-electron chi connectivity index (χ2n) is 3.50. The molecule has 0 aliphatic rings. The fourth-order valence-electron chi connectivity index (χ4n) is 1.30. The summed E-state index contributed by atoms with van der Waals surface area (Å²) in [6.07, 6.45) is 1.22. The Balaban J connectivity index is 3.13. The van der Waals surface area contributed by atoms with E-state index < -0.39 is 5.97 Å². The fraction of sp³-hybridized carbons (Fsp3) is 0.231. The molecule has 0 amide bonds. The molecular formula is C13H14O3. The normalized spacial score (nSPS) is 11.1. The molecule has 3 nitrogen and oxygen atoms in total. The van der Waals surface area contributed by atoms with Crippen LogP contribution < -0.4 is 0 Å². The number of allylic oxidation sites excluding steroid dienone is 1. The number of methoxy groups -OCH3 is 1. The van der Waals surface area contributed by atoms with Gasteiger partial charge in [-0.2, -0.15) is 0 Å². The summed E-state index contributed by atoms with van der Waals surface area (Å²) < 4.78 is 4.51. The molecule has 0 atom stereocenters. The van der Waals surface area contributed by atoms with E-state index in [9.17, 15) is 9.59 Å². The zero-order valence-electron chi connectivity index (χ0n) is 9.61. The smallest absolute Gasteiger partial charge is 0.331 e. The SMILES string of the molecule is COC(=O)C=C(C(C)=O)c1ccc(C)cc1. The van der Waals surface area contributed by atoms with Crippen molar-refractivity contribution in [3.8, 4) is 0 Å². The van der Waals surface area contributed by atoms with E-state index in [1.165, 1.54) is 20.1 Å². The number of ketones is 1. The third-order valence-electron chi connectivity index (χ3n) is 2.21. The number of ether oxygens (including phenoxy) is 1. The van der Waals surface area contributed by atoms with E-state index >= 15 is 0 Å². The molecule has 84 valence electrons. The molecule has 0 aromatic heterocycles. The lowest BCUT2D eigenvalue weighted by Gasteiger charge is -2.04. The fourth-order valence-corrected chi connectivity index (χ4v) is 1.30. The van der Waals surface area contributed by atoms with Gasteiger partial charge in [0.2, 0.25) is 0 Å². The number of rotatable bonds is 3. The Hall–Kier alpha value is -1.90. The molecule has 1 aromatic rings. The highest BCUT2D eigenvalue weighted by molar-refractivity contribution is 6.23. The summed E-state index contributed by atoms with van der Waals surface area (Å²) in [6.45, 7) is 3.38. The van der Waals surface area contributed by atoms with E-state index in [2.05, 4.69) is 4.74 Å². The molecule has 0 radical (unpaired) electrons. The minimum absolute atomic E-state index is 0.158. The number of esters is 1. The predicted molar refractivity (Wildman–Crippen MR) is 61.9 cm³/mol. The molecule has 0 spiro atoms. The maximum absolute atomic E-state index is 11.4. The van der Waals surface area contributed by atoms with Gasteiger partial charge in [0.25, 0.3) is 0 Å². The lowest BCUT2D eigenvalue weighted by atomic mass is 10.0. The molecule has 0 bridgehead atoms. The van der Waals surface area contributed by atoms with Crippen molar-refractivity contribution in [2.75, 3.05) is 7.11 Å². The summed E-state index contributed by atoms with van der Waals surface area (Å²) in [6, 6.07) is 7.41. The van der Waals surface area contributed by atoms with Crippen molar-refractivity contribution in [1.29, 1.82) is 0 Å². The molecular weight excluding hydrogens is 204 g/mol. The van der Waals surface area contributed by atoms with Crippen LogP contribution in [0.4, 0.5) is 0 Å². The van der Waals surface area contributed by atoms with Gasteiger partial charge in [0, 0.05) is 11.6 Å². The first kappa shape index (κ1) is 12.2. The molecule has 3 heteroatoms. The van der Waals surface area contributed by atoms with Crippen molar-refractivity contribution in [2.45, 2.75) is 13.8 Å². The average Bonchev–Trinajstić information content (AvgIpc) is 2.26. The van der Waals surface area contributed by atoms with Crippen LogP contribution in [0.1, 0.15) is 18.1 Å². The maximum Gasteiger partial charge on any atom is 0.331 e. The highest BCUT2D eigenvalue weighted by atomic mass is 16.5. The van der Waals surface area contributed by atoms with Gasteiger partial charge in [-0.05, 0) is 19.4 Å². The molecule has 1 rings (SSSR count). The van der Waals surface area contributed by atoms with E-state index in [1.54, 1.807) is 0 Å². The van der Waals surface area contributed by atoms with Crippen molar-refractivity contribution in [2.24, 2.45) is 0 Å². The van der Waals surface area contributed by atoms with E-state index in [0.29, 0.717) is 5.57 Å². The summed E-state index contributed by atoms with van der Waals surface area (Å²) >= 11 is 0. The predicted octanol–water partition coefficient (Wildman–Crippen LogP) is 2.14. The van der Waals surface area contributed by atoms with Crippen LogP contribution in [0.2, 0.25) is 0 Å². The Bertz CT molecular complexity index is 427. The molecule has 0 N–H and O–H groups in total. The number of carbonyl (C=O) groups excluding carboxylic acids is 2. The summed E-state index contributed by atoms with van der Waals surface area (Å²) in [7, 11) is 1.28. The molecule has 0 saturated carbocycles. The van der Waals surface area contributed by atoms with Gasteiger partial charge in [0.15, 0.2) is 5.78 Å². The molecule has 0 unspecified atom stereocenters. The first-order valence-electron chi connectivity index (χ1n) is 4.92. The monoisotopic (exact) mass is 218 g/mol. The van der Waals surface area contributed by atoms with Crippen molar-refractivity contribution in [3.63, 3.8) is 0 Å². The van der Waals surface area contributed by atoms with Gasteiger partial charge in [-0.15, -0.1) is 0 Å². The topological polar surface area (TPSA) is 43.4 Å². The molecule has 1 aromatic carbocycles. The third kappa shape index (κ3) is 3.05. The molecule has 0 saturated heterocycles. The highest BCUT2D eigenvalue weighted by Crippen LogP contribution is 2.16. The zero-order valence-corrected chi connectivity index (χ0v) is 9.61. The van der Waals surface area contributed by atoms with Gasteiger partial charge in [0.05, 0.1) is 7.11 Å². The van der Waals surface area contributed by atoms with Crippen LogP contribution in [0.3, 0.4) is 0 Å². The van der Waals surface area contributed by atoms with Crippen LogP contribution in [-0.2, 0) is 14.3 Å². The second-order valence-corrected chi connectivity index (χ2v) is 3.50. The highest BCUT2D eigenvalue weighted by Gasteiger charge is 2.09. The number of carbonyl (C=O) groups is 2.